The average molecular weight is 386 g/mol. The van der Waals surface area contributed by atoms with Crippen LogP contribution in [-0.2, 0) is 9.59 Å². The molecule has 0 bridgehead atoms. The maximum atomic E-state index is 12.3. The molecule has 8 heteroatoms. The summed E-state index contributed by atoms with van der Waals surface area (Å²) < 4.78 is 0. The van der Waals surface area contributed by atoms with Crippen molar-refractivity contribution >= 4 is 34.7 Å². The van der Waals surface area contributed by atoms with Gasteiger partial charge in [0.25, 0.3) is 5.91 Å². The van der Waals surface area contributed by atoms with Crippen LogP contribution in [0.25, 0.3) is 0 Å². The Morgan fingerprint density at radius 2 is 1.67 bits per heavy atom. The van der Waals surface area contributed by atoms with Crippen molar-refractivity contribution in [2.24, 2.45) is 0 Å². The number of hydrogen-bond acceptors (Lipinski definition) is 5. The predicted octanol–water partition coefficient (Wildman–Crippen LogP) is 1.26. The molecule has 3 rings (SSSR count). The molecule has 1 aromatic carbocycles. The number of rotatable bonds is 5. The van der Waals surface area contributed by atoms with E-state index in [0.717, 1.165) is 18.0 Å². The fraction of sp³-hybridized carbons (Fsp3) is 0.316. The first-order valence-corrected chi connectivity index (χ1v) is 9.71. The minimum atomic E-state index is -0.674. The number of piperazine rings is 1. The van der Waals surface area contributed by atoms with Crippen LogP contribution in [0.3, 0.4) is 0 Å². The first kappa shape index (κ1) is 19.1. The molecule has 0 atom stereocenters. The zero-order valence-corrected chi connectivity index (χ0v) is 15.7. The molecular formula is C19H22N4O3S. The highest BCUT2D eigenvalue weighted by Gasteiger charge is 2.22. The Morgan fingerprint density at radius 3 is 2.33 bits per heavy atom. The number of nitrogens with zero attached hydrogens (tertiary/aromatic N) is 2. The number of carbonyl (C=O) groups is 3. The second-order valence-corrected chi connectivity index (χ2v) is 7.13. The van der Waals surface area contributed by atoms with E-state index >= 15 is 0 Å². The molecular weight excluding hydrogens is 364 g/mol. The van der Waals surface area contributed by atoms with Crippen molar-refractivity contribution in [3.63, 3.8) is 0 Å². The lowest BCUT2D eigenvalue weighted by Crippen LogP contribution is -2.50. The van der Waals surface area contributed by atoms with Crippen LogP contribution < -0.4 is 10.6 Å². The lowest BCUT2D eigenvalue weighted by molar-refractivity contribution is -0.136. The van der Waals surface area contributed by atoms with Crippen molar-refractivity contribution in [2.45, 2.75) is 0 Å². The van der Waals surface area contributed by atoms with Crippen molar-refractivity contribution in [1.29, 1.82) is 0 Å². The zero-order chi connectivity index (χ0) is 19.1. The number of nitrogens with one attached hydrogen (secondary N) is 2. The molecule has 0 saturated carbocycles. The largest absolute Gasteiger partial charge is 0.347 e. The highest BCUT2D eigenvalue weighted by Crippen LogP contribution is 2.13. The molecule has 2 heterocycles. The summed E-state index contributed by atoms with van der Waals surface area (Å²) in [6.07, 6.45) is 0. The fourth-order valence-electron chi connectivity index (χ4n) is 2.85. The van der Waals surface area contributed by atoms with Crippen LogP contribution in [0.2, 0.25) is 0 Å². The summed E-state index contributed by atoms with van der Waals surface area (Å²) in [6.45, 7) is 3.87. The summed E-state index contributed by atoms with van der Waals surface area (Å²) in [6, 6.07) is 12.6. The van der Waals surface area contributed by atoms with Gasteiger partial charge in [-0.1, -0.05) is 24.3 Å². The minimum Gasteiger partial charge on any atom is -0.347 e. The minimum absolute atomic E-state index is 0.0792. The first-order valence-electron chi connectivity index (χ1n) is 8.83. The molecule has 2 aromatic rings. The van der Waals surface area contributed by atoms with Gasteiger partial charge >= 0.3 is 11.8 Å². The van der Waals surface area contributed by atoms with E-state index in [1.54, 1.807) is 24.3 Å². The van der Waals surface area contributed by atoms with Crippen LogP contribution in [0.15, 0.2) is 47.8 Å². The molecule has 0 spiro atoms. The normalized spacial score (nSPS) is 14.6. The van der Waals surface area contributed by atoms with Crippen molar-refractivity contribution in [1.82, 2.24) is 15.1 Å². The number of thiophene rings is 1. The molecule has 0 aliphatic carbocycles. The van der Waals surface area contributed by atoms with Crippen LogP contribution in [-0.4, -0.2) is 66.8 Å². The van der Waals surface area contributed by atoms with Gasteiger partial charge in [-0.05, 0) is 23.6 Å². The third kappa shape index (κ3) is 5.38. The Morgan fingerprint density at radius 1 is 0.926 bits per heavy atom. The van der Waals surface area contributed by atoms with E-state index in [-0.39, 0.29) is 5.91 Å². The average Bonchev–Trinajstić information content (AvgIpc) is 3.23. The lowest BCUT2D eigenvalue weighted by atomic mass is 10.3. The molecule has 0 radical (unpaired) electrons. The van der Waals surface area contributed by atoms with Crippen molar-refractivity contribution in [2.75, 3.05) is 44.6 Å². The van der Waals surface area contributed by atoms with E-state index in [1.165, 1.54) is 11.3 Å². The van der Waals surface area contributed by atoms with E-state index in [1.807, 2.05) is 28.5 Å². The topological polar surface area (TPSA) is 81.8 Å². The van der Waals surface area contributed by atoms with E-state index in [4.69, 9.17) is 0 Å². The molecule has 1 aliphatic heterocycles. The molecule has 2 N–H and O–H groups in total. The number of hydrogen-bond donors (Lipinski definition) is 2. The number of carbonyl (C=O) groups excluding carboxylic acids is 3. The standard InChI is InChI=1S/C19H22N4O3S/c24-17(18(25)21-15-5-2-1-3-6-15)20-8-9-22-10-12-23(13-11-22)19(26)16-7-4-14-27-16/h1-7,14H,8-13H2,(H,20,24)(H,21,25). The molecule has 27 heavy (non-hydrogen) atoms. The van der Waals surface area contributed by atoms with Gasteiger partial charge in [-0.15, -0.1) is 11.3 Å². The summed E-state index contributed by atoms with van der Waals surface area (Å²) in [5.41, 5.74) is 0.587. The van der Waals surface area contributed by atoms with Crippen molar-refractivity contribution < 1.29 is 14.4 Å². The SMILES string of the molecule is O=C(NCCN1CCN(C(=O)c2cccs2)CC1)C(=O)Nc1ccccc1. The Kier molecular flexibility index (Phi) is 6.56. The van der Waals surface area contributed by atoms with Gasteiger partial charge in [0.2, 0.25) is 0 Å². The van der Waals surface area contributed by atoms with Gasteiger partial charge in [-0.2, -0.15) is 0 Å². The van der Waals surface area contributed by atoms with Gasteiger partial charge in [0.1, 0.15) is 0 Å². The second kappa shape index (κ2) is 9.29. The maximum absolute atomic E-state index is 12.3. The molecule has 1 aliphatic rings. The first-order chi connectivity index (χ1) is 13.1. The number of para-hydroxylation sites is 1. The summed E-state index contributed by atoms with van der Waals surface area (Å²) in [4.78, 5) is 40.8. The molecule has 1 aromatic heterocycles. The number of amides is 3. The van der Waals surface area contributed by atoms with Gasteiger partial charge in [-0.3, -0.25) is 19.3 Å². The van der Waals surface area contributed by atoms with Gasteiger partial charge in [-0.25, -0.2) is 0 Å². The maximum Gasteiger partial charge on any atom is 0.313 e. The molecule has 1 saturated heterocycles. The van der Waals surface area contributed by atoms with Gasteiger partial charge in [0.15, 0.2) is 0 Å². The molecule has 142 valence electrons. The van der Waals surface area contributed by atoms with Crippen molar-refractivity contribution in [3.05, 3.63) is 52.7 Å². The van der Waals surface area contributed by atoms with Crippen LogP contribution in [0.4, 0.5) is 5.69 Å². The Hall–Kier alpha value is -2.71. The van der Waals surface area contributed by atoms with Crippen LogP contribution in [0.5, 0.6) is 0 Å². The van der Waals surface area contributed by atoms with Crippen molar-refractivity contribution in [3.8, 4) is 0 Å². The van der Waals surface area contributed by atoms with Crippen LogP contribution >= 0.6 is 11.3 Å². The van der Waals surface area contributed by atoms with Gasteiger partial charge in [0, 0.05) is 45.0 Å². The highest BCUT2D eigenvalue weighted by molar-refractivity contribution is 7.12. The van der Waals surface area contributed by atoms with E-state index in [2.05, 4.69) is 15.5 Å². The lowest BCUT2D eigenvalue weighted by Gasteiger charge is -2.34. The summed E-state index contributed by atoms with van der Waals surface area (Å²) >= 11 is 1.46. The smallest absolute Gasteiger partial charge is 0.313 e. The van der Waals surface area contributed by atoms with E-state index in [9.17, 15) is 14.4 Å². The fourth-order valence-corrected chi connectivity index (χ4v) is 3.54. The summed E-state index contributed by atoms with van der Waals surface area (Å²) in [7, 11) is 0. The summed E-state index contributed by atoms with van der Waals surface area (Å²) in [5, 5.41) is 7.09. The van der Waals surface area contributed by atoms with Crippen LogP contribution in [0, 0.1) is 0 Å². The Labute approximate surface area is 162 Å². The summed E-state index contributed by atoms with van der Waals surface area (Å²) in [5.74, 6) is -1.24. The zero-order valence-electron chi connectivity index (χ0n) is 14.9. The second-order valence-electron chi connectivity index (χ2n) is 6.19. The predicted molar refractivity (Wildman–Crippen MR) is 105 cm³/mol. The number of benzene rings is 1. The third-order valence-corrected chi connectivity index (χ3v) is 5.20. The highest BCUT2D eigenvalue weighted by atomic mass is 32.1. The van der Waals surface area contributed by atoms with Crippen LogP contribution in [0.1, 0.15) is 9.67 Å². The molecule has 7 nitrogen and oxygen atoms in total. The molecule has 1 fully saturated rings. The number of anilines is 1. The Balaban J connectivity index is 1.35. The van der Waals surface area contributed by atoms with Gasteiger partial charge in [0.05, 0.1) is 4.88 Å². The quantitative estimate of drug-likeness (QED) is 0.758. The third-order valence-electron chi connectivity index (χ3n) is 4.34. The monoisotopic (exact) mass is 386 g/mol. The van der Waals surface area contributed by atoms with E-state index < -0.39 is 11.8 Å². The van der Waals surface area contributed by atoms with E-state index in [0.29, 0.717) is 31.9 Å². The Bertz CT molecular complexity index is 772. The molecule has 0 unspecified atom stereocenters. The molecule has 3 amide bonds. The van der Waals surface area contributed by atoms with Gasteiger partial charge < -0.3 is 15.5 Å².